The number of carbonyl (C=O) groups excluding carboxylic acids is 4. The predicted molar refractivity (Wildman–Crippen MR) is 151 cm³/mol. The lowest BCUT2D eigenvalue weighted by molar-refractivity contribution is -0.137. The smallest absolute Gasteiger partial charge is 0.255 e. The molecular formula is C32H42N4O5. The monoisotopic (exact) mass is 562 g/mol. The average Bonchev–Trinajstić information content (AvgIpc) is 3.70. The van der Waals surface area contributed by atoms with Gasteiger partial charge in [-0.15, -0.1) is 0 Å². The molecule has 9 nitrogen and oxygen atoms in total. The van der Waals surface area contributed by atoms with Crippen molar-refractivity contribution >= 4 is 23.6 Å². The first kappa shape index (κ1) is 26.9. The highest BCUT2D eigenvalue weighted by atomic mass is 16.5. The maximum atomic E-state index is 13.1. The molecule has 220 valence electrons. The van der Waals surface area contributed by atoms with E-state index in [0.29, 0.717) is 36.4 Å². The number of benzene rings is 1. The molecule has 1 unspecified atom stereocenters. The van der Waals surface area contributed by atoms with Crippen LogP contribution in [0.25, 0.3) is 0 Å². The van der Waals surface area contributed by atoms with Gasteiger partial charge in [0, 0.05) is 57.2 Å². The molecule has 3 saturated heterocycles. The largest absolute Gasteiger partial charge is 0.489 e. The molecule has 2 saturated carbocycles. The summed E-state index contributed by atoms with van der Waals surface area (Å²) in [5.74, 6) is 2.47. The van der Waals surface area contributed by atoms with Crippen LogP contribution in [-0.4, -0.2) is 82.7 Å². The van der Waals surface area contributed by atoms with Gasteiger partial charge in [0.1, 0.15) is 17.9 Å². The van der Waals surface area contributed by atoms with Gasteiger partial charge in [0.25, 0.3) is 5.91 Å². The number of piperidine rings is 2. The highest BCUT2D eigenvalue weighted by molar-refractivity contribution is 6.05. The van der Waals surface area contributed by atoms with Crippen LogP contribution >= 0.6 is 0 Å². The number of carbonyl (C=O) groups is 4. The van der Waals surface area contributed by atoms with Gasteiger partial charge in [-0.2, -0.15) is 0 Å². The summed E-state index contributed by atoms with van der Waals surface area (Å²) < 4.78 is 6.62. The Morgan fingerprint density at radius 3 is 2.46 bits per heavy atom. The lowest BCUT2D eigenvalue weighted by Gasteiger charge is -2.51. The molecule has 4 heterocycles. The van der Waals surface area contributed by atoms with Crippen LogP contribution in [0.1, 0.15) is 86.6 Å². The number of hydrogen-bond acceptors (Lipinski definition) is 6. The first-order chi connectivity index (χ1) is 19.9. The van der Waals surface area contributed by atoms with E-state index in [4.69, 9.17) is 4.74 Å². The molecule has 0 bridgehead atoms. The van der Waals surface area contributed by atoms with Gasteiger partial charge in [-0.1, -0.05) is 6.42 Å². The Labute approximate surface area is 241 Å². The Kier molecular flexibility index (Phi) is 7.25. The summed E-state index contributed by atoms with van der Waals surface area (Å²) in [6.07, 6.45) is 10.9. The number of imide groups is 1. The van der Waals surface area contributed by atoms with Crippen molar-refractivity contribution in [2.45, 2.75) is 95.4 Å². The fourth-order valence-corrected chi connectivity index (χ4v) is 7.87. The van der Waals surface area contributed by atoms with Crippen LogP contribution in [0, 0.1) is 17.8 Å². The number of fused-ring (bicyclic) bond motifs is 1. The van der Waals surface area contributed by atoms with E-state index in [2.05, 4.69) is 15.1 Å². The van der Waals surface area contributed by atoms with Gasteiger partial charge < -0.3 is 14.5 Å². The van der Waals surface area contributed by atoms with E-state index >= 15 is 0 Å². The normalized spacial score (nSPS) is 29.8. The lowest BCUT2D eigenvalue weighted by atomic mass is 9.77. The molecule has 1 aromatic rings. The van der Waals surface area contributed by atoms with Crippen molar-refractivity contribution in [2.24, 2.45) is 17.8 Å². The van der Waals surface area contributed by atoms with Gasteiger partial charge >= 0.3 is 0 Å². The van der Waals surface area contributed by atoms with Gasteiger partial charge in [-0.05, 0) is 92.9 Å². The van der Waals surface area contributed by atoms with Crippen LogP contribution in [0.15, 0.2) is 18.2 Å². The van der Waals surface area contributed by atoms with Crippen molar-refractivity contribution in [1.29, 1.82) is 0 Å². The fourth-order valence-electron chi connectivity index (χ4n) is 7.87. The van der Waals surface area contributed by atoms with Crippen molar-refractivity contribution < 1.29 is 23.9 Å². The van der Waals surface area contributed by atoms with Crippen LogP contribution in [0.4, 0.5) is 0 Å². The van der Waals surface area contributed by atoms with Gasteiger partial charge in [-0.25, -0.2) is 0 Å². The van der Waals surface area contributed by atoms with Gasteiger partial charge in [0.15, 0.2) is 0 Å². The number of hydrogen-bond donors (Lipinski definition) is 1. The molecule has 7 rings (SSSR count). The Balaban J connectivity index is 0.930. The molecular weight excluding hydrogens is 520 g/mol. The second-order valence-corrected chi connectivity index (χ2v) is 13.3. The molecule has 0 aromatic heterocycles. The zero-order chi connectivity index (χ0) is 28.1. The minimum atomic E-state index is -0.602. The Morgan fingerprint density at radius 1 is 0.927 bits per heavy atom. The highest BCUT2D eigenvalue weighted by Crippen LogP contribution is 2.39. The summed E-state index contributed by atoms with van der Waals surface area (Å²) >= 11 is 0. The maximum absolute atomic E-state index is 13.1. The summed E-state index contributed by atoms with van der Waals surface area (Å²) in [7, 11) is 0. The topological polar surface area (TPSA) is 99.3 Å². The van der Waals surface area contributed by atoms with Crippen molar-refractivity contribution in [3.05, 3.63) is 29.3 Å². The zero-order valence-electron chi connectivity index (χ0n) is 23.9. The molecule has 3 atom stereocenters. The van der Waals surface area contributed by atoms with Gasteiger partial charge in [-0.3, -0.25) is 29.4 Å². The molecule has 9 heteroatoms. The van der Waals surface area contributed by atoms with E-state index in [0.717, 1.165) is 81.4 Å². The molecule has 0 radical (unpaired) electrons. The van der Waals surface area contributed by atoms with Crippen molar-refractivity contribution in [3.63, 3.8) is 0 Å². The number of likely N-dealkylation sites (tertiary alicyclic amines) is 2. The van der Waals surface area contributed by atoms with E-state index in [1.165, 1.54) is 25.7 Å². The Hall–Kier alpha value is -2.94. The first-order valence-electron chi connectivity index (χ1n) is 15.9. The maximum Gasteiger partial charge on any atom is 0.255 e. The van der Waals surface area contributed by atoms with E-state index in [-0.39, 0.29) is 30.2 Å². The molecule has 4 aliphatic heterocycles. The average molecular weight is 563 g/mol. The third-order valence-electron chi connectivity index (χ3n) is 10.6. The minimum absolute atomic E-state index is 0.132. The van der Waals surface area contributed by atoms with E-state index in [1.807, 2.05) is 18.2 Å². The van der Waals surface area contributed by atoms with Crippen LogP contribution in [-0.2, 0) is 20.9 Å². The summed E-state index contributed by atoms with van der Waals surface area (Å²) in [5, 5.41) is 2.37. The van der Waals surface area contributed by atoms with Crippen LogP contribution in [0.5, 0.6) is 5.75 Å². The summed E-state index contributed by atoms with van der Waals surface area (Å²) in [6, 6.07) is 5.51. The molecule has 1 aromatic carbocycles. The number of nitrogens with one attached hydrogen (secondary N) is 1. The predicted octanol–water partition coefficient (Wildman–Crippen LogP) is 3.11. The molecule has 1 N–H and O–H groups in total. The van der Waals surface area contributed by atoms with Crippen LogP contribution in [0.3, 0.4) is 0 Å². The molecule has 5 fully saturated rings. The molecule has 4 amide bonds. The number of amides is 4. The van der Waals surface area contributed by atoms with Gasteiger partial charge in [0.2, 0.25) is 17.7 Å². The van der Waals surface area contributed by atoms with Crippen molar-refractivity contribution in [3.8, 4) is 5.75 Å². The standard InChI is InChI=1S/C32H42N4O5/c37-29-10-9-27(31(39)33-29)36-19-22-16-24(7-8-25(22)32(36)40)41-28-4-2-1-3-26(28)35-17-23(18-35)21-11-13-34(14-12-21)30(38)15-20-5-6-20/h7-8,16,20-21,23,26-28H,1-6,9-15,17-19H2,(H,33,37,39)/t26-,27?,28+/m0/s1. The van der Waals surface area contributed by atoms with Gasteiger partial charge in [0.05, 0.1) is 0 Å². The number of nitrogens with zero attached hydrogens (tertiary/aromatic N) is 3. The Bertz CT molecular complexity index is 1220. The lowest BCUT2D eigenvalue weighted by Crippen LogP contribution is -2.60. The molecule has 6 aliphatic rings. The number of rotatable bonds is 7. The first-order valence-corrected chi connectivity index (χ1v) is 15.9. The molecule has 41 heavy (non-hydrogen) atoms. The Morgan fingerprint density at radius 2 is 1.71 bits per heavy atom. The molecule has 2 aliphatic carbocycles. The van der Waals surface area contributed by atoms with E-state index in [1.54, 1.807) is 4.90 Å². The summed E-state index contributed by atoms with van der Waals surface area (Å²) in [6.45, 7) is 4.49. The minimum Gasteiger partial charge on any atom is -0.489 e. The third-order valence-corrected chi connectivity index (χ3v) is 10.6. The van der Waals surface area contributed by atoms with Crippen molar-refractivity contribution in [1.82, 2.24) is 20.0 Å². The van der Waals surface area contributed by atoms with E-state index in [9.17, 15) is 19.2 Å². The SMILES string of the molecule is O=C1CCC(N2Cc3cc(O[C@@H]4CCCC[C@@H]4N4CC(C5CCN(C(=O)CC6CC6)CC5)C4)ccc3C2=O)C(=O)N1. The second-order valence-electron chi connectivity index (χ2n) is 13.3. The van der Waals surface area contributed by atoms with Crippen molar-refractivity contribution in [2.75, 3.05) is 26.2 Å². The fraction of sp³-hybridized carbons (Fsp3) is 0.688. The quantitative estimate of drug-likeness (QED) is 0.513. The third kappa shape index (κ3) is 5.49. The summed E-state index contributed by atoms with van der Waals surface area (Å²) in [5.41, 5.74) is 1.50. The highest BCUT2D eigenvalue weighted by Gasteiger charge is 2.43. The van der Waals surface area contributed by atoms with Crippen LogP contribution < -0.4 is 10.1 Å². The molecule has 0 spiro atoms. The zero-order valence-corrected chi connectivity index (χ0v) is 23.9. The second kappa shape index (κ2) is 11.0. The summed E-state index contributed by atoms with van der Waals surface area (Å²) in [4.78, 5) is 55.8. The van der Waals surface area contributed by atoms with E-state index < -0.39 is 6.04 Å². The number of ether oxygens (including phenoxy) is 1. The van der Waals surface area contributed by atoms with Crippen LogP contribution in [0.2, 0.25) is 0 Å².